The largest absolute Gasteiger partial charge is 0.481 e. The maximum atomic E-state index is 14.2. The Morgan fingerprint density at radius 2 is 1.22 bits per heavy atom. The summed E-state index contributed by atoms with van der Waals surface area (Å²) in [6, 6.07) is -1.29. The molecule has 1 rings (SSSR count). The standard InChI is InChI=1S/C41H60N6O13/c1-8-9-14-26(22-48)42-37(57)28(19-23(2)3)46-40(60)35(41(5,6)7)47-39(59)29(20-25-13-11-10-12-24(25)4)45-36(56)27(15-17-32(50)51)44-38(58)30(21-34(54)55)43-31(49)16-18-33(52)53/h8-13,22-23,26-30,35H,14-21H2,1-7H3,(H,42,57)(H,43,49)(H,44,58)(H,45,56)(H,46,60)(H,47,59)(H,50,51)(H,52,53)(H,54,55)/b9-8-/t26-,27-,28-,29-,30-,35+/m0/s1. The van der Waals surface area contributed by atoms with Gasteiger partial charge in [0.05, 0.1) is 18.9 Å². The summed E-state index contributed by atoms with van der Waals surface area (Å²) < 4.78 is 0. The van der Waals surface area contributed by atoms with Crippen molar-refractivity contribution < 1.29 is 63.3 Å². The molecule has 1 aromatic carbocycles. The van der Waals surface area contributed by atoms with Gasteiger partial charge in [-0.25, -0.2) is 0 Å². The minimum atomic E-state index is -1.79. The zero-order chi connectivity index (χ0) is 45.7. The van der Waals surface area contributed by atoms with Gasteiger partial charge in [0.1, 0.15) is 36.5 Å². The fourth-order valence-electron chi connectivity index (χ4n) is 5.81. The highest BCUT2D eigenvalue weighted by molar-refractivity contribution is 5.98. The fraction of sp³-hybridized carbons (Fsp3) is 0.561. The van der Waals surface area contributed by atoms with Gasteiger partial charge in [-0.1, -0.05) is 71.0 Å². The Morgan fingerprint density at radius 1 is 0.667 bits per heavy atom. The molecular weight excluding hydrogens is 784 g/mol. The summed E-state index contributed by atoms with van der Waals surface area (Å²) in [5.74, 6) is -9.73. The monoisotopic (exact) mass is 844 g/mol. The van der Waals surface area contributed by atoms with Crippen LogP contribution < -0.4 is 31.9 Å². The van der Waals surface area contributed by atoms with E-state index in [1.807, 2.05) is 13.8 Å². The van der Waals surface area contributed by atoms with Crippen LogP contribution in [0.4, 0.5) is 0 Å². The molecule has 0 aliphatic heterocycles. The van der Waals surface area contributed by atoms with E-state index in [4.69, 9.17) is 5.11 Å². The summed E-state index contributed by atoms with van der Waals surface area (Å²) in [5.41, 5.74) is 0.341. The van der Waals surface area contributed by atoms with Crippen LogP contribution in [0.3, 0.4) is 0 Å². The summed E-state index contributed by atoms with van der Waals surface area (Å²) in [5, 5.41) is 42.6. The van der Waals surface area contributed by atoms with E-state index in [9.17, 15) is 58.2 Å². The van der Waals surface area contributed by atoms with Gasteiger partial charge in [-0.3, -0.25) is 43.2 Å². The molecule has 0 saturated heterocycles. The lowest BCUT2D eigenvalue weighted by molar-refractivity contribution is -0.142. The lowest BCUT2D eigenvalue weighted by atomic mass is 9.85. The summed E-state index contributed by atoms with van der Waals surface area (Å²) in [7, 11) is 0. The van der Waals surface area contributed by atoms with E-state index in [-0.39, 0.29) is 25.2 Å². The number of aldehydes is 1. The van der Waals surface area contributed by atoms with Crippen molar-refractivity contribution in [2.24, 2.45) is 11.3 Å². The predicted octanol–water partition coefficient (Wildman–Crippen LogP) is 0.908. The lowest BCUT2D eigenvalue weighted by Crippen LogP contribution is -2.62. The Bertz CT molecular complexity index is 1740. The van der Waals surface area contributed by atoms with Crippen LogP contribution in [-0.2, 0) is 54.4 Å². The molecule has 0 bridgehead atoms. The molecule has 60 heavy (non-hydrogen) atoms. The van der Waals surface area contributed by atoms with Gasteiger partial charge in [0.15, 0.2) is 0 Å². The molecule has 9 N–H and O–H groups in total. The van der Waals surface area contributed by atoms with Crippen LogP contribution in [0.1, 0.15) is 97.6 Å². The molecule has 6 atom stereocenters. The Hall–Kier alpha value is -6.14. The van der Waals surface area contributed by atoms with Crippen LogP contribution in [0.15, 0.2) is 36.4 Å². The smallest absolute Gasteiger partial charge is 0.305 e. The van der Waals surface area contributed by atoms with Crippen molar-refractivity contribution in [1.29, 1.82) is 0 Å². The molecule has 0 unspecified atom stereocenters. The van der Waals surface area contributed by atoms with E-state index in [0.29, 0.717) is 11.8 Å². The highest BCUT2D eigenvalue weighted by Crippen LogP contribution is 2.21. The Morgan fingerprint density at radius 3 is 1.75 bits per heavy atom. The second kappa shape index (κ2) is 25.4. The third kappa shape index (κ3) is 19.5. The van der Waals surface area contributed by atoms with Gasteiger partial charge in [0, 0.05) is 19.3 Å². The van der Waals surface area contributed by atoms with Gasteiger partial charge in [0.25, 0.3) is 0 Å². The molecule has 1 aromatic rings. The number of benzene rings is 1. The quantitative estimate of drug-likeness (QED) is 0.0463. The highest BCUT2D eigenvalue weighted by Gasteiger charge is 2.38. The van der Waals surface area contributed by atoms with Gasteiger partial charge in [-0.2, -0.15) is 0 Å². The summed E-state index contributed by atoms with van der Waals surface area (Å²) in [6.07, 6.45) is 0.902. The molecule has 19 heteroatoms. The maximum absolute atomic E-state index is 14.2. The van der Waals surface area contributed by atoms with E-state index in [0.717, 1.165) is 5.56 Å². The molecule has 0 aliphatic carbocycles. The van der Waals surface area contributed by atoms with Gasteiger partial charge < -0.3 is 52.0 Å². The summed E-state index contributed by atoms with van der Waals surface area (Å²) in [4.78, 5) is 127. The average molecular weight is 845 g/mol. The van der Waals surface area contributed by atoms with Crippen LogP contribution in [-0.4, -0.2) is 111 Å². The molecule has 0 aliphatic rings. The second-order valence-electron chi connectivity index (χ2n) is 15.9. The molecule has 19 nitrogen and oxygen atoms in total. The Labute approximate surface area is 349 Å². The number of aryl methyl sites for hydroxylation is 1. The predicted molar refractivity (Wildman–Crippen MR) is 217 cm³/mol. The van der Waals surface area contributed by atoms with Crippen LogP contribution >= 0.6 is 0 Å². The second-order valence-corrected chi connectivity index (χ2v) is 15.9. The number of carbonyl (C=O) groups excluding carboxylic acids is 7. The van der Waals surface area contributed by atoms with Crippen LogP contribution in [0.2, 0.25) is 0 Å². The minimum Gasteiger partial charge on any atom is -0.481 e. The average Bonchev–Trinajstić information content (AvgIpc) is 3.14. The number of carboxylic acid groups (broad SMARTS) is 3. The first-order chi connectivity index (χ1) is 28.0. The van der Waals surface area contributed by atoms with Crippen LogP contribution in [0.5, 0.6) is 0 Å². The van der Waals surface area contributed by atoms with E-state index in [1.54, 1.807) is 71.0 Å². The molecule has 0 fully saturated rings. The maximum Gasteiger partial charge on any atom is 0.305 e. The van der Waals surface area contributed by atoms with Crippen LogP contribution in [0, 0.1) is 18.3 Å². The van der Waals surface area contributed by atoms with E-state index in [1.165, 1.54) is 0 Å². The van der Waals surface area contributed by atoms with Crippen molar-refractivity contribution in [1.82, 2.24) is 31.9 Å². The third-order valence-corrected chi connectivity index (χ3v) is 9.07. The summed E-state index contributed by atoms with van der Waals surface area (Å²) in [6.45, 7) is 12.2. The van der Waals surface area contributed by atoms with Gasteiger partial charge in [-0.05, 0) is 55.6 Å². The minimum absolute atomic E-state index is 0.0789. The van der Waals surface area contributed by atoms with Crippen molar-refractivity contribution >= 4 is 59.6 Å². The van der Waals surface area contributed by atoms with Gasteiger partial charge in [0.2, 0.25) is 35.4 Å². The number of carboxylic acids is 3. The third-order valence-electron chi connectivity index (χ3n) is 9.07. The molecule has 0 saturated carbocycles. The van der Waals surface area contributed by atoms with Gasteiger partial charge >= 0.3 is 17.9 Å². The number of allylic oxidation sites excluding steroid dienone is 1. The zero-order valence-electron chi connectivity index (χ0n) is 35.2. The first kappa shape index (κ1) is 51.9. The molecule has 0 spiro atoms. The van der Waals surface area contributed by atoms with Crippen molar-refractivity contribution in [3.63, 3.8) is 0 Å². The number of carbonyl (C=O) groups is 10. The lowest BCUT2D eigenvalue weighted by Gasteiger charge is -2.33. The van der Waals surface area contributed by atoms with E-state index < -0.39 is 127 Å². The topological polar surface area (TPSA) is 304 Å². The highest BCUT2D eigenvalue weighted by atomic mass is 16.4. The molecular formula is C41H60N6O13. The fourth-order valence-corrected chi connectivity index (χ4v) is 5.81. The zero-order valence-corrected chi connectivity index (χ0v) is 35.2. The first-order valence-electron chi connectivity index (χ1n) is 19.6. The number of amides is 6. The normalized spacial score (nSPS) is 14.3. The van der Waals surface area contributed by atoms with Crippen molar-refractivity contribution in [3.05, 3.63) is 47.5 Å². The Kier molecular flexibility index (Phi) is 21.9. The molecule has 332 valence electrons. The number of hydrogen-bond donors (Lipinski definition) is 9. The summed E-state index contributed by atoms with van der Waals surface area (Å²) >= 11 is 0. The number of aliphatic carboxylic acids is 3. The van der Waals surface area contributed by atoms with E-state index in [2.05, 4.69) is 31.9 Å². The van der Waals surface area contributed by atoms with Crippen LogP contribution in [0.25, 0.3) is 0 Å². The number of rotatable bonds is 26. The SMILES string of the molecule is C/C=C\C[C@@H](C=O)NC(=O)[C@H](CC(C)C)NC(=O)[C@@H](NC(=O)[C@H](Cc1ccccc1C)NC(=O)[C@H](CCC(=O)O)NC(=O)[C@H](CC(=O)O)NC(=O)CCC(=O)O)C(C)(C)C. The van der Waals surface area contributed by atoms with Crippen molar-refractivity contribution in [3.8, 4) is 0 Å². The van der Waals surface area contributed by atoms with Crippen molar-refractivity contribution in [2.75, 3.05) is 0 Å². The van der Waals surface area contributed by atoms with Crippen molar-refractivity contribution in [2.45, 2.75) is 136 Å². The first-order valence-corrected chi connectivity index (χ1v) is 19.6. The number of hydrogen-bond acceptors (Lipinski definition) is 10. The molecule has 0 radical (unpaired) electrons. The molecule has 6 amide bonds. The molecule has 0 aromatic heterocycles. The Balaban J connectivity index is 3.55. The van der Waals surface area contributed by atoms with E-state index >= 15 is 0 Å². The van der Waals surface area contributed by atoms with Gasteiger partial charge in [-0.15, -0.1) is 0 Å². The molecule has 0 heterocycles. The number of nitrogens with one attached hydrogen (secondary N) is 6.